The summed E-state index contributed by atoms with van der Waals surface area (Å²) in [5.41, 5.74) is 0.810. The number of carbonyl (C=O) groups is 1. The fraction of sp³-hybridized carbons (Fsp3) is 0.133. The molecule has 0 fully saturated rings. The first-order valence-electron chi connectivity index (χ1n) is 5.76. The third-order valence-corrected chi connectivity index (χ3v) is 4.09. The molecule has 0 aliphatic rings. The van der Waals surface area contributed by atoms with Gasteiger partial charge in [-0.3, -0.25) is 4.79 Å². The Bertz CT molecular complexity index is 566. The van der Waals surface area contributed by atoms with Gasteiger partial charge in [0.25, 0.3) is 0 Å². The minimum absolute atomic E-state index is 0.188. The number of benzene rings is 2. The van der Waals surface area contributed by atoms with Gasteiger partial charge in [0.15, 0.2) is 5.78 Å². The largest absolute Gasteiger partial charge is 0.294 e. The molecule has 0 bridgehead atoms. The average Bonchev–Trinajstić information content (AvgIpc) is 2.38. The molecule has 0 atom stereocenters. The molecule has 0 aromatic heterocycles. The second-order valence-corrected chi connectivity index (χ2v) is 5.86. The highest BCUT2D eigenvalue weighted by molar-refractivity contribution is 9.10. The number of Topliss-reactive ketones (excluding diaryl/α,β-unsaturated/α-hetero) is 1. The van der Waals surface area contributed by atoms with Crippen molar-refractivity contribution in [1.82, 2.24) is 0 Å². The smallest absolute Gasteiger partial charge is 0.163 e. The van der Waals surface area contributed by atoms with Crippen LogP contribution < -0.4 is 0 Å². The highest BCUT2D eigenvalue weighted by Crippen LogP contribution is 2.32. The Morgan fingerprint density at radius 2 is 1.94 bits per heavy atom. The molecule has 1 nitrogen and oxygen atoms in total. The van der Waals surface area contributed by atoms with Crippen LogP contribution in [0.2, 0.25) is 0 Å². The van der Waals surface area contributed by atoms with Gasteiger partial charge in [0.05, 0.1) is 0 Å². The van der Waals surface area contributed by atoms with Gasteiger partial charge >= 0.3 is 0 Å². The Morgan fingerprint density at radius 3 is 2.67 bits per heavy atom. The van der Waals surface area contributed by atoms with E-state index in [0.29, 0.717) is 6.42 Å². The number of rotatable bonds is 4. The van der Waals surface area contributed by atoms with Crippen molar-refractivity contribution in [3.63, 3.8) is 0 Å². The monoisotopic (exact) mass is 320 g/mol. The van der Waals surface area contributed by atoms with Gasteiger partial charge in [0.1, 0.15) is 0 Å². The van der Waals surface area contributed by atoms with Crippen LogP contribution in [0, 0.1) is 0 Å². The van der Waals surface area contributed by atoms with Gasteiger partial charge < -0.3 is 0 Å². The van der Waals surface area contributed by atoms with E-state index in [-0.39, 0.29) is 5.78 Å². The maximum absolute atomic E-state index is 11.9. The maximum Gasteiger partial charge on any atom is 0.163 e. The molecule has 18 heavy (non-hydrogen) atoms. The van der Waals surface area contributed by atoms with E-state index in [1.54, 1.807) is 11.8 Å². The molecular weight excluding hydrogens is 308 g/mol. The van der Waals surface area contributed by atoms with Crippen molar-refractivity contribution < 1.29 is 4.79 Å². The van der Waals surface area contributed by atoms with Gasteiger partial charge in [-0.1, -0.05) is 58.9 Å². The van der Waals surface area contributed by atoms with Crippen molar-refractivity contribution in [2.24, 2.45) is 0 Å². The molecule has 0 N–H and O–H groups in total. The quantitative estimate of drug-likeness (QED) is 0.721. The van der Waals surface area contributed by atoms with Crippen LogP contribution in [0.3, 0.4) is 0 Å². The zero-order chi connectivity index (χ0) is 13.0. The molecule has 2 aromatic carbocycles. The van der Waals surface area contributed by atoms with Crippen molar-refractivity contribution >= 4 is 33.5 Å². The molecule has 0 heterocycles. The van der Waals surface area contributed by atoms with E-state index in [9.17, 15) is 4.79 Å². The van der Waals surface area contributed by atoms with Crippen LogP contribution in [0.25, 0.3) is 0 Å². The molecule has 0 aliphatic heterocycles. The second-order valence-electron chi connectivity index (χ2n) is 3.83. The summed E-state index contributed by atoms with van der Waals surface area (Å²) in [6, 6.07) is 15.9. The summed E-state index contributed by atoms with van der Waals surface area (Å²) < 4.78 is 1.05. The summed E-state index contributed by atoms with van der Waals surface area (Å²) in [4.78, 5) is 14.0. The minimum Gasteiger partial charge on any atom is -0.294 e. The van der Waals surface area contributed by atoms with E-state index in [1.165, 1.54) is 0 Å². The Hall–Kier alpha value is -1.06. The molecule has 2 aromatic rings. The molecule has 0 aliphatic carbocycles. The molecule has 0 spiro atoms. The highest BCUT2D eigenvalue weighted by atomic mass is 79.9. The summed E-state index contributed by atoms with van der Waals surface area (Å²) >= 11 is 5.08. The van der Waals surface area contributed by atoms with E-state index >= 15 is 0 Å². The van der Waals surface area contributed by atoms with Crippen LogP contribution in [0.4, 0.5) is 0 Å². The van der Waals surface area contributed by atoms with E-state index < -0.39 is 0 Å². The van der Waals surface area contributed by atoms with E-state index in [4.69, 9.17) is 0 Å². The molecule has 0 unspecified atom stereocenters. The van der Waals surface area contributed by atoms with Crippen LogP contribution in [-0.4, -0.2) is 5.78 Å². The van der Waals surface area contributed by atoms with Crippen molar-refractivity contribution in [3.8, 4) is 0 Å². The normalized spacial score (nSPS) is 10.3. The summed E-state index contributed by atoms with van der Waals surface area (Å²) in [7, 11) is 0. The number of halogens is 1. The van der Waals surface area contributed by atoms with E-state index in [1.807, 2.05) is 49.4 Å². The molecule has 92 valence electrons. The summed E-state index contributed by atoms with van der Waals surface area (Å²) in [6.07, 6.45) is 0.538. The third-order valence-electron chi connectivity index (χ3n) is 2.53. The maximum atomic E-state index is 11.9. The molecule has 3 heteroatoms. The summed E-state index contributed by atoms with van der Waals surface area (Å²) in [6.45, 7) is 1.89. The molecule has 0 radical (unpaired) electrons. The van der Waals surface area contributed by atoms with Crippen LogP contribution >= 0.6 is 27.7 Å². The van der Waals surface area contributed by atoms with Crippen LogP contribution in [0.5, 0.6) is 0 Å². The zero-order valence-electron chi connectivity index (χ0n) is 10.0. The predicted octanol–water partition coefficient (Wildman–Crippen LogP) is 5.19. The molecule has 2 rings (SSSR count). The Balaban J connectivity index is 2.32. The number of carbonyl (C=O) groups excluding carboxylic acids is 1. The van der Waals surface area contributed by atoms with Gasteiger partial charge in [-0.2, -0.15) is 0 Å². The topological polar surface area (TPSA) is 17.1 Å². The van der Waals surface area contributed by atoms with E-state index in [0.717, 1.165) is 19.8 Å². The Labute approximate surface area is 120 Å². The summed E-state index contributed by atoms with van der Waals surface area (Å²) in [5.74, 6) is 0.188. The Morgan fingerprint density at radius 1 is 1.17 bits per heavy atom. The zero-order valence-corrected chi connectivity index (χ0v) is 12.4. The van der Waals surface area contributed by atoms with Gasteiger partial charge in [-0.25, -0.2) is 0 Å². The van der Waals surface area contributed by atoms with Gasteiger partial charge in [-0.05, 0) is 24.3 Å². The van der Waals surface area contributed by atoms with Gasteiger partial charge in [-0.15, -0.1) is 0 Å². The van der Waals surface area contributed by atoms with Gasteiger partial charge in [0, 0.05) is 26.2 Å². The second kappa shape index (κ2) is 6.21. The standard InChI is InChI=1S/C15H13BrOS/c1-2-14(17)13-8-3-4-9-15(13)18-12-7-5-6-11(16)10-12/h3-10H,2H2,1H3. The molecule has 0 saturated carbocycles. The fourth-order valence-corrected chi connectivity index (χ4v) is 3.21. The lowest BCUT2D eigenvalue weighted by Gasteiger charge is -2.07. The fourth-order valence-electron chi connectivity index (χ4n) is 1.63. The first-order chi connectivity index (χ1) is 8.70. The van der Waals surface area contributed by atoms with Crippen molar-refractivity contribution in [2.45, 2.75) is 23.1 Å². The number of hydrogen-bond acceptors (Lipinski definition) is 2. The SMILES string of the molecule is CCC(=O)c1ccccc1Sc1cccc(Br)c1. The predicted molar refractivity (Wildman–Crippen MR) is 79.3 cm³/mol. The van der Waals surface area contributed by atoms with Crippen LogP contribution in [0.15, 0.2) is 62.8 Å². The lowest BCUT2D eigenvalue weighted by molar-refractivity contribution is 0.0985. The first-order valence-corrected chi connectivity index (χ1v) is 7.37. The lowest BCUT2D eigenvalue weighted by Crippen LogP contribution is -1.98. The van der Waals surface area contributed by atoms with E-state index in [2.05, 4.69) is 22.0 Å². The van der Waals surface area contributed by atoms with Gasteiger partial charge in [0.2, 0.25) is 0 Å². The molecule has 0 amide bonds. The van der Waals surface area contributed by atoms with Crippen molar-refractivity contribution in [3.05, 3.63) is 58.6 Å². The lowest BCUT2D eigenvalue weighted by atomic mass is 10.1. The van der Waals surface area contributed by atoms with Crippen molar-refractivity contribution in [1.29, 1.82) is 0 Å². The number of hydrogen-bond donors (Lipinski definition) is 0. The average molecular weight is 321 g/mol. The number of ketones is 1. The molecular formula is C15H13BrOS. The summed E-state index contributed by atoms with van der Waals surface area (Å²) in [5, 5.41) is 0. The van der Waals surface area contributed by atoms with Crippen LogP contribution in [0.1, 0.15) is 23.7 Å². The minimum atomic E-state index is 0.188. The third kappa shape index (κ3) is 3.24. The van der Waals surface area contributed by atoms with Crippen molar-refractivity contribution in [2.75, 3.05) is 0 Å². The highest BCUT2D eigenvalue weighted by Gasteiger charge is 2.09. The Kier molecular flexibility index (Phi) is 4.61. The van der Waals surface area contributed by atoms with Crippen LogP contribution in [-0.2, 0) is 0 Å². The molecule has 0 saturated heterocycles. The first kappa shape index (κ1) is 13.4.